The number of aromatic nitrogens is 1. The van der Waals surface area contributed by atoms with E-state index in [1.807, 2.05) is 26.0 Å². The van der Waals surface area contributed by atoms with Gasteiger partial charge in [0, 0.05) is 17.3 Å². The van der Waals surface area contributed by atoms with Crippen molar-refractivity contribution in [3.63, 3.8) is 0 Å². The first kappa shape index (κ1) is 19.0. The molecule has 1 amide bonds. The molecule has 3 rings (SSSR count). The van der Waals surface area contributed by atoms with Crippen molar-refractivity contribution >= 4 is 29.1 Å². The van der Waals surface area contributed by atoms with Gasteiger partial charge in [0.05, 0.1) is 18.7 Å². The van der Waals surface area contributed by atoms with Crippen LogP contribution in [0.4, 0.5) is 0 Å². The molecule has 5 nitrogen and oxygen atoms in total. The Morgan fingerprint density at radius 2 is 2.12 bits per heavy atom. The summed E-state index contributed by atoms with van der Waals surface area (Å²) in [6, 6.07) is 8.99. The van der Waals surface area contributed by atoms with Crippen molar-refractivity contribution in [2.24, 2.45) is 0 Å². The zero-order valence-electron chi connectivity index (χ0n) is 14.7. The van der Waals surface area contributed by atoms with Crippen molar-refractivity contribution < 1.29 is 14.3 Å². The number of rotatable bonds is 4. The number of amides is 1. The SMILES string of the molecule is Cc1ccc(C(=O)N2CCO[C@@H](COc3ccc(Cl)c(C)c3)C2)c(Cl)n1. The summed E-state index contributed by atoms with van der Waals surface area (Å²) < 4.78 is 11.5. The molecule has 2 aromatic rings. The van der Waals surface area contributed by atoms with E-state index < -0.39 is 0 Å². The fourth-order valence-corrected chi connectivity index (χ4v) is 3.15. The number of ether oxygens (including phenoxy) is 2. The molecule has 1 atom stereocenters. The van der Waals surface area contributed by atoms with Crippen LogP contribution in [0.2, 0.25) is 10.2 Å². The van der Waals surface area contributed by atoms with E-state index in [0.29, 0.717) is 36.9 Å². The average molecular weight is 395 g/mol. The van der Waals surface area contributed by atoms with E-state index >= 15 is 0 Å². The molecule has 1 aliphatic rings. The molecule has 26 heavy (non-hydrogen) atoms. The molecule has 0 N–H and O–H groups in total. The van der Waals surface area contributed by atoms with Gasteiger partial charge in [0.25, 0.3) is 5.91 Å². The number of carbonyl (C=O) groups excluding carboxylic acids is 1. The van der Waals surface area contributed by atoms with Crippen molar-refractivity contribution in [1.82, 2.24) is 9.88 Å². The molecule has 2 heterocycles. The second-order valence-corrected chi connectivity index (χ2v) is 7.02. The molecule has 1 aromatic heterocycles. The smallest absolute Gasteiger partial charge is 0.257 e. The van der Waals surface area contributed by atoms with Gasteiger partial charge in [-0.05, 0) is 49.7 Å². The maximum Gasteiger partial charge on any atom is 0.257 e. The molecule has 0 radical (unpaired) electrons. The van der Waals surface area contributed by atoms with Crippen molar-refractivity contribution in [1.29, 1.82) is 0 Å². The number of benzene rings is 1. The molecule has 138 valence electrons. The van der Waals surface area contributed by atoms with Crippen LogP contribution < -0.4 is 4.74 Å². The van der Waals surface area contributed by atoms with E-state index in [0.717, 1.165) is 17.0 Å². The third-order valence-electron chi connectivity index (χ3n) is 4.21. The van der Waals surface area contributed by atoms with Gasteiger partial charge in [-0.2, -0.15) is 0 Å². The van der Waals surface area contributed by atoms with Crippen molar-refractivity contribution in [2.75, 3.05) is 26.3 Å². The molecule has 1 aliphatic heterocycles. The van der Waals surface area contributed by atoms with E-state index in [1.165, 1.54) is 0 Å². The molecule has 0 spiro atoms. The van der Waals surface area contributed by atoms with Gasteiger partial charge in [-0.25, -0.2) is 4.98 Å². The van der Waals surface area contributed by atoms with Crippen LogP contribution >= 0.6 is 23.2 Å². The van der Waals surface area contributed by atoms with Gasteiger partial charge in [-0.3, -0.25) is 4.79 Å². The molecule has 0 bridgehead atoms. The topological polar surface area (TPSA) is 51.7 Å². The third-order valence-corrected chi connectivity index (χ3v) is 4.92. The van der Waals surface area contributed by atoms with E-state index in [2.05, 4.69) is 4.98 Å². The molecule has 0 saturated carbocycles. The Morgan fingerprint density at radius 3 is 2.85 bits per heavy atom. The number of morpholine rings is 1. The lowest BCUT2D eigenvalue weighted by molar-refractivity contribution is -0.0401. The van der Waals surface area contributed by atoms with Gasteiger partial charge in [0.15, 0.2) is 0 Å². The summed E-state index contributed by atoms with van der Waals surface area (Å²) in [4.78, 5) is 18.6. The zero-order valence-corrected chi connectivity index (χ0v) is 16.2. The van der Waals surface area contributed by atoms with Crippen LogP contribution in [-0.4, -0.2) is 48.2 Å². The van der Waals surface area contributed by atoms with Gasteiger partial charge in [0.2, 0.25) is 0 Å². The summed E-state index contributed by atoms with van der Waals surface area (Å²) in [5.41, 5.74) is 2.14. The lowest BCUT2D eigenvalue weighted by Crippen LogP contribution is -2.47. The van der Waals surface area contributed by atoms with E-state index in [9.17, 15) is 4.79 Å². The monoisotopic (exact) mass is 394 g/mol. The molecule has 1 fully saturated rings. The van der Waals surface area contributed by atoms with Gasteiger partial charge in [-0.1, -0.05) is 23.2 Å². The largest absolute Gasteiger partial charge is 0.491 e. The zero-order chi connectivity index (χ0) is 18.7. The van der Waals surface area contributed by atoms with Gasteiger partial charge in [-0.15, -0.1) is 0 Å². The van der Waals surface area contributed by atoms with Crippen LogP contribution in [0.1, 0.15) is 21.6 Å². The van der Waals surface area contributed by atoms with Crippen LogP contribution in [0, 0.1) is 13.8 Å². The number of pyridine rings is 1. The van der Waals surface area contributed by atoms with Crippen molar-refractivity contribution in [3.8, 4) is 5.75 Å². The first-order valence-corrected chi connectivity index (χ1v) is 9.12. The summed E-state index contributed by atoms with van der Waals surface area (Å²) in [7, 11) is 0. The maximum absolute atomic E-state index is 12.7. The lowest BCUT2D eigenvalue weighted by Gasteiger charge is -2.33. The molecule has 1 saturated heterocycles. The first-order valence-electron chi connectivity index (χ1n) is 8.37. The standard InChI is InChI=1S/C19H20Cl2N2O3/c1-12-9-14(4-6-17(12)20)26-11-15-10-23(7-8-25-15)19(24)16-5-3-13(2)22-18(16)21/h3-6,9,15H,7-8,10-11H2,1-2H3/t15-/m1/s1. The number of hydrogen-bond donors (Lipinski definition) is 0. The summed E-state index contributed by atoms with van der Waals surface area (Å²) >= 11 is 12.1. The summed E-state index contributed by atoms with van der Waals surface area (Å²) in [5, 5.41) is 0.928. The average Bonchev–Trinajstić information content (AvgIpc) is 2.62. The van der Waals surface area contributed by atoms with Crippen LogP contribution in [0.25, 0.3) is 0 Å². The molecule has 1 aromatic carbocycles. The third kappa shape index (κ3) is 4.47. The van der Waals surface area contributed by atoms with Crippen LogP contribution in [0.5, 0.6) is 5.75 Å². The Bertz CT molecular complexity index is 813. The number of aryl methyl sites for hydroxylation is 2. The summed E-state index contributed by atoms with van der Waals surface area (Å²) in [6.45, 7) is 5.52. The minimum atomic E-state index is -0.208. The summed E-state index contributed by atoms with van der Waals surface area (Å²) in [5.74, 6) is 0.586. The number of carbonyl (C=O) groups is 1. The lowest BCUT2D eigenvalue weighted by atomic mass is 10.2. The highest BCUT2D eigenvalue weighted by atomic mass is 35.5. The highest BCUT2D eigenvalue weighted by Gasteiger charge is 2.27. The Morgan fingerprint density at radius 1 is 1.31 bits per heavy atom. The summed E-state index contributed by atoms with van der Waals surface area (Å²) in [6.07, 6.45) is -0.208. The quantitative estimate of drug-likeness (QED) is 0.737. The second-order valence-electron chi connectivity index (χ2n) is 6.26. The fourth-order valence-electron chi connectivity index (χ4n) is 2.76. The van der Waals surface area contributed by atoms with Crippen LogP contribution in [0.15, 0.2) is 30.3 Å². The molecule has 7 heteroatoms. The molecule has 0 aliphatic carbocycles. The second kappa shape index (κ2) is 8.25. The Kier molecular flexibility index (Phi) is 6.01. The number of nitrogens with zero attached hydrogens (tertiary/aromatic N) is 2. The maximum atomic E-state index is 12.7. The van der Waals surface area contributed by atoms with Gasteiger partial charge < -0.3 is 14.4 Å². The van der Waals surface area contributed by atoms with E-state index in [1.54, 1.807) is 23.1 Å². The fraction of sp³-hybridized carbons (Fsp3) is 0.368. The minimum absolute atomic E-state index is 0.141. The molecular weight excluding hydrogens is 375 g/mol. The van der Waals surface area contributed by atoms with Crippen LogP contribution in [-0.2, 0) is 4.74 Å². The number of hydrogen-bond acceptors (Lipinski definition) is 4. The van der Waals surface area contributed by atoms with Crippen molar-refractivity contribution in [3.05, 3.63) is 57.3 Å². The number of halogens is 2. The molecular formula is C19H20Cl2N2O3. The minimum Gasteiger partial charge on any atom is -0.491 e. The normalized spacial score (nSPS) is 17.2. The Hall–Kier alpha value is -1.82. The Labute approximate surface area is 162 Å². The highest BCUT2D eigenvalue weighted by molar-refractivity contribution is 6.32. The predicted molar refractivity (Wildman–Crippen MR) is 101 cm³/mol. The van der Waals surface area contributed by atoms with Gasteiger partial charge >= 0.3 is 0 Å². The molecule has 0 unspecified atom stereocenters. The highest BCUT2D eigenvalue weighted by Crippen LogP contribution is 2.22. The Balaban J connectivity index is 1.61. The first-order chi connectivity index (χ1) is 12.4. The van der Waals surface area contributed by atoms with Crippen LogP contribution in [0.3, 0.4) is 0 Å². The van der Waals surface area contributed by atoms with E-state index in [4.69, 9.17) is 32.7 Å². The van der Waals surface area contributed by atoms with Crippen molar-refractivity contribution in [2.45, 2.75) is 20.0 Å². The predicted octanol–water partition coefficient (Wildman–Crippen LogP) is 3.93. The van der Waals surface area contributed by atoms with E-state index in [-0.39, 0.29) is 17.2 Å². The van der Waals surface area contributed by atoms with Gasteiger partial charge in [0.1, 0.15) is 23.6 Å².